The van der Waals surface area contributed by atoms with Crippen LogP contribution in [0.25, 0.3) is 10.8 Å². The number of hydrogen-bond donors (Lipinski definition) is 2. The zero-order valence-corrected chi connectivity index (χ0v) is 12.7. The SMILES string of the molecule is c1ccc2c(C3CNCCO3)nc(N3CCNCC3)cc2c1. The normalized spacial score (nSPS) is 22.9. The second kappa shape index (κ2) is 6.20. The van der Waals surface area contributed by atoms with Gasteiger partial charge in [0.25, 0.3) is 0 Å². The zero-order chi connectivity index (χ0) is 14.8. The molecule has 0 saturated carbocycles. The predicted molar refractivity (Wildman–Crippen MR) is 88.4 cm³/mol. The first-order valence-corrected chi connectivity index (χ1v) is 8.09. The summed E-state index contributed by atoms with van der Waals surface area (Å²) in [6.45, 7) is 6.56. The molecule has 5 nitrogen and oxygen atoms in total. The minimum absolute atomic E-state index is 0.0431. The number of pyridine rings is 1. The number of piperazine rings is 1. The van der Waals surface area contributed by atoms with Crippen LogP contribution in [0.3, 0.4) is 0 Å². The third-order valence-corrected chi connectivity index (χ3v) is 4.43. The van der Waals surface area contributed by atoms with E-state index in [-0.39, 0.29) is 6.10 Å². The van der Waals surface area contributed by atoms with Gasteiger partial charge in [-0.3, -0.25) is 0 Å². The fourth-order valence-corrected chi connectivity index (χ4v) is 3.25. The van der Waals surface area contributed by atoms with Crippen molar-refractivity contribution in [3.8, 4) is 0 Å². The Balaban J connectivity index is 1.78. The molecule has 22 heavy (non-hydrogen) atoms. The van der Waals surface area contributed by atoms with E-state index in [9.17, 15) is 0 Å². The molecule has 1 unspecified atom stereocenters. The Morgan fingerprint density at radius 1 is 1.09 bits per heavy atom. The van der Waals surface area contributed by atoms with Gasteiger partial charge in [0.05, 0.1) is 12.3 Å². The Labute approximate surface area is 130 Å². The Morgan fingerprint density at radius 2 is 1.95 bits per heavy atom. The van der Waals surface area contributed by atoms with Crippen LogP contribution < -0.4 is 15.5 Å². The first-order valence-electron chi connectivity index (χ1n) is 8.09. The van der Waals surface area contributed by atoms with Crippen molar-refractivity contribution in [2.75, 3.05) is 50.8 Å². The lowest BCUT2D eigenvalue weighted by Crippen LogP contribution is -2.44. The van der Waals surface area contributed by atoms with Crippen LogP contribution in [0, 0.1) is 0 Å². The number of rotatable bonds is 2. The summed E-state index contributed by atoms with van der Waals surface area (Å²) in [6, 6.07) is 10.7. The summed E-state index contributed by atoms with van der Waals surface area (Å²) in [4.78, 5) is 7.35. The molecule has 2 aromatic rings. The minimum atomic E-state index is 0.0431. The molecule has 2 aliphatic rings. The molecule has 0 bridgehead atoms. The van der Waals surface area contributed by atoms with Gasteiger partial charge in [0.15, 0.2) is 0 Å². The lowest BCUT2D eigenvalue weighted by Gasteiger charge is -2.30. The third-order valence-electron chi connectivity index (χ3n) is 4.43. The summed E-state index contributed by atoms with van der Waals surface area (Å²) in [5.74, 6) is 1.07. The molecular weight excluding hydrogens is 276 g/mol. The van der Waals surface area contributed by atoms with Gasteiger partial charge in [0.1, 0.15) is 11.9 Å². The molecule has 2 aliphatic heterocycles. The molecule has 116 valence electrons. The summed E-state index contributed by atoms with van der Waals surface area (Å²) >= 11 is 0. The quantitative estimate of drug-likeness (QED) is 0.875. The van der Waals surface area contributed by atoms with Gasteiger partial charge in [-0.2, -0.15) is 0 Å². The van der Waals surface area contributed by atoms with Crippen molar-refractivity contribution in [1.82, 2.24) is 15.6 Å². The van der Waals surface area contributed by atoms with Crippen LogP contribution in [-0.2, 0) is 4.74 Å². The molecule has 3 heterocycles. The highest BCUT2D eigenvalue weighted by atomic mass is 16.5. The molecule has 1 atom stereocenters. The maximum atomic E-state index is 5.96. The Bertz CT molecular complexity index is 648. The topological polar surface area (TPSA) is 49.4 Å². The van der Waals surface area contributed by atoms with E-state index < -0.39 is 0 Å². The van der Waals surface area contributed by atoms with Crippen molar-refractivity contribution in [2.24, 2.45) is 0 Å². The molecule has 0 radical (unpaired) electrons. The molecule has 5 heteroatoms. The van der Waals surface area contributed by atoms with E-state index >= 15 is 0 Å². The molecule has 0 aliphatic carbocycles. The second-order valence-corrected chi connectivity index (χ2v) is 5.89. The highest BCUT2D eigenvalue weighted by molar-refractivity contribution is 5.87. The summed E-state index contributed by atoms with van der Waals surface area (Å²) < 4.78 is 5.96. The van der Waals surface area contributed by atoms with Crippen LogP contribution >= 0.6 is 0 Å². The number of aromatic nitrogens is 1. The van der Waals surface area contributed by atoms with Crippen molar-refractivity contribution >= 4 is 16.6 Å². The fourth-order valence-electron chi connectivity index (χ4n) is 3.25. The average molecular weight is 298 g/mol. The lowest BCUT2D eigenvalue weighted by molar-refractivity contribution is 0.0261. The third kappa shape index (κ3) is 2.67. The van der Waals surface area contributed by atoms with Crippen molar-refractivity contribution in [1.29, 1.82) is 0 Å². The number of ether oxygens (including phenoxy) is 1. The Morgan fingerprint density at radius 3 is 2.77 bits per heavy atom. The van der Waals surface area contributed by atoms with Crippen LogP contribution in [0.15, 0.2) is 30.3 Å². The van der Waals surface area contributed by atoms with Crippen LogP contribution in [0.4, 0.5) is 5.82 Å². The first kappa shape index (κ1) is 13.9. The minimum Gasteiger partial charge on any atom is -0.369 e. The van der Waals surface area contributed by atoms with E-state index in [4.69, 9.17) is 9.72 Å². The van der Waals surface area contributed by atoms with Gasteiger partial charge in [-0.25, -0.2) is 4.98 Å². The number of fused-ring (bicyclic) bond motifs is 1. The molecule has 2 N–H and O–H groups in total. The predicted octanol–water partition coefficient (Wildman–Crippen LogP) is 1.31. The second-order valence-electron chi connectivity index (χ2n) is 5.89. The first-order chi connectivity index (χ1) is 10.9. The van der Waals surface area contributed by atoms with E-state index in [0.29, 0.717) is 0 Å². The van der Waals surface area contributed by atoms with Crippen molar-refractivity contribution in [3.05, 3.63) is 36.0 Å². The van der Waals surface area contributed by atoms with Crippen LogP contribution in [0.1, 0.15) is 11.8 Å². The summed E-state index contributed by atoms with van der Waals surface area (Å²) in [7, 11) is 0. The number of nitrogens with zero attached hydrogens (tertiary/aromatic N) is 2. The van der Waals surface area contributed by atoms with Gasteiger partial charge in [0.2, 0.25) is 0 Å². The van der Waals surface area contributed by atoms with Crippen molar-refractivity contribution in [2.45, 2.75) is 6.10 Å². The van der Waals surface area contributed by atoms with E-state index in [0.717, 1.165) is 57.4 Å². The smallest absolute Gasteiger partial charge is 0.129 e. The fraction of sp³-hybridized carbons (Fsp3) is 0.471. The maximum Gasteiger partial charge on any atom is 0.129 e. The average Bonchev–Trinajstić information content (AvgIpc) is 2.62. The van der Waals surface area contributed by atoms with E-state index in [2.05, 4.69) is 45.9 Å². The molecule has 2 saturated heterocycles. The number of hydrogen-bond acceptors (Lipinski definition) is 5. The Hall–Kier alpha value is -1.69. The van der Waals surface area contributed by atoms with Crippen molar-refractivity contribution in [3.63, 3.8) is 0 Å². The molecule has 1 aromatic heterocycles. The van der Waals surface area contributed by atoms with Gasteiger partial charge in [-0.1, -0.05) is 24.3 Å². The molecular formula is C17H22N4O. The van der Waals surface area contributed by atoms with Crippen LogP contribution in [0.5, 0.6) is 0 Å². The van der Waals surface area contributed by atoms with Gasteiger partial charge in [-0.15, -0.1) is 0 Å². The van der Waals surface area contributed by atoms with E-state index in [1.807, 2.05) is 0 Å². The van der Waals surface area contributed by atoms with Crippen LogP contribution in [-0.4, -0.2) is 50.9 Å². The molecule has 0 amide bonds. The molecule has 4 rings (SSSR count). The number of benzene rings is 1. The monoisotopic (exact) mass is 298 g/mol. The largest absolute Gasteiger partial charge is 0.369 e. The maximum absolute atomic E-state index is 5.96. The van der Waals surface area contributed by atoms with Crippen LogP contribution in [0.2, 0.25) is 0 Å². The number of anilines is 1. The van der Waals surface area contributed by atoms with Gasteiger partial charge >= 0.3 is 0 Å². The van der Waals surface area contributed by atoms with Gasteiger partial charge in [-0.05, 0) is 11.5 Å². The molecule has 0 spiro atoms. The summed E-state index contributed by atoms with van der Waals surface area (Å²) in [5, 5.41) is 9.25. The number of morpholine rings is 1. The highest BCUT2D eigenvalue weighted by Gasteiger charge is 2.22. The molecule has 1 aromatic carbocycles. The van der Waals surface area contributed by atoms with Crippen molar-refractivity contribution < 1.29 is 4.74 Å². The number of nitrogens with one attached hydrogen (secondary N) is 2. The highest BCUT2D eigenvalue weighted by Crippen LogP contribution is 2.29. The molecule has 2 fully saturated rings. The summed E-state index contributed by atoms with van der Waals surface area (Å²) in [5.41, 5.74) is 1.07. The van der Waals surface area contributed by atoms with E-state index in [1.165, 1.54) is 10.8 Å². The van der Waals surface area contributed by atoms with Gasteiger partial charge < -0.3 is 20.3 Å². The van der Waals surface area contributed by atoms with E-state index in [1.54, 1.807) is 0 Å². The standard InChI is InChI=1S/C17H22N4O/c1-2-4-14-13(3-1)11-16(21-8-5-18-6-9-21)20-17(14)15-12-19-7-10-22-15/h1-4,11,15,18-19H,5-10,12H2. The lowest BCUT2D eigenvalue weighted by atomic mass is 10.0. The Kier molecular flexibility index (Phi) is 3.93. The summed E-state index contributed by atoms with van der Waals surface area (Å²) in [6.07, 6.45) is 0.0431. The van der Waals surface area contributed by atoms with Gasteiger partial charge in [0, 0.05) is 44.7 Å². The zero-order valence-electron chi connectivity index (χ0n) is 12.7.